The van der Waals surface area contributed by atoms with Gasteiger partial charge in [0.15, 0.2) is 5.13 Å². The lowest BCUT2D eigenvalue weighted by atomic mass is 9.81. The van der Waals surface area contributed by atoms with Crippen LogP contribution in [0.25, 0.3) is 10.3 Å². The lowest BCUT2D eigenvalue weighted by Gasteiger charge is -2.25. The third kappa shape index (κ3) is 3.39. The van der Waals surface area contributed by atoms with Gasteiger partial charge >= 0.3 is 0 Å². The molecular formula is C23H26N4O3S. The van der Waals surface area contributed by atoms with Gasteiger partial charge in [0.1, 0.15) is 16.1 Å². The van der Waals surface area contributed by atoms with Crippen molar-refractivity contribution in [2.75, 3.05) is 31.6 Å². The average Bonchev–Trinajstić information content (AvgIpc) is 3.43. The Morgan fingerprint density at radius 1 is 1.19 bits per heavy atom. The fraction of sp³-hybridized carbons (Fsp3) is 0.435. The number of carbonyl (C=O) groups excluding carboxylic acids is 1. The maximum absolute atomic E-state index is 12.1. The molecule has 4 heterocycles. The Morgan fingerprint density at radius 3 is 2.74 bits per heavy atom. The predicted molar refractivity (Wildman–Crippen MR) is 122 cm³/mol. The summed E-state index contributed by atoms with van der Waals surface area (Å²) < 4.78 is 11.3. The van der Waals surface area contributed by atoms with E-state index in [0.29, 0.717) is 12.4 Å². The molecule has 5 rings (SSSR count). The van der Waals surface area contributed by atoms with Crippen molar-refractivity contribution in [3.8, 4) is 11.6 Å². The molecule has 2 aliphatic rings. The van der Waals surface area contributed by atoms with E-state index < -0.39 is 0 Å². The van der Waals surface area contributed by atoms with Crippen molar-refractivity contribution in [2.24, 2.45) is 0 Å². The Hall–Kier alpha value is -2.87. The third-order valence-corrected chi connectivity index (χ3v) is 7.11. The van der Waals surface area contributed by atoms with E-state index in [1.165, 1.54) is 5.56 Å². The molecule has 0 aliphatic carbocycles. The summed E-state index contributed by atoms with van der Waals surface area (Å²) in [5.41, 5.74) is 3.10. The molecular weight excluding hydrogens is 412 g/mol. The van der Waals surface area contributed by atoms with Crippen molar-refractivity contribution in [1.82, 2.24) is 14.9 Å². The molecule has 0 N–H and O–H groups in total. The third-order valence-electron chi connectivity index (χ3n) is 6.12. The summed E-state index contributed by atoms with van der Waals surface area (Å²) in [6.07, 6.45) is 1.03. The van der Waals surface area contributed by atoms with E-state index in [1.54, 1.807) is 25.4 Å². The summed E-state index contributed by atoms with van der Waals surface area (Å²) in [5, 5.41) is 0.910. The van der Waals surface area contributed by atoms with Gasteiger partial charge in [-0.15, -0.1) is 0 Å². The normalized spacial score (nSPS) is 20.2. The summed E-state index contributed by atoms with van der Waals surface area (Å²) in [4.78, 5) is 26.6. The Labute approximate surface area is 185 Å². The fourth-order valence-electron chi connectivity index (χ4n) is 4.67. The minimum absolute atomic E-state index is 0.106. The molecule has 2 aromatic heterocycles. The summed E-state index contributed by atoms with van der Waals surface area (Å²) in [6, 6.07) is 10.1. The zero-order valence-corrected chi connectivity index (χ0v) is 19.0. The largest absolute Gasteiger partial charge is 0.491 e. The van der Waals surface area contributed by atoms with Gasteiger partial charge in [-0.1, -0.05) is 11.3 Å². The first kappa shape index (κ1) is 20.1. The number of anilines is 2. The zero-order valence-electron chi connectivity index (χ0n) is 18.2. The van der Waals surface area contributed by atoms with Gasteiger partial charge in [-0.3, -0.25) is 4.79 Å². The van der Waals surface area contributed by atoms with Crippen molar-refractivity contribution >= 4 is 38.4 Å². The highest BCUT2D eigenvalue weighted by Crippen LogP contribution is 2.51. The minimum atomic E-state index is -0.125. The average molecular weight is 439 g/mol. The van der Waals surface area contributed by atoms with Gasteiger partial charge in [-0.05, 0) is 50.1 Å². The molecule has 7 nitrogen and oxygen atoms in total. The fourth-order valence-corrected chi connectivity index (χ4v) is 5.62. The number of pyridine rings is 1. The molecule has 1 aromatic carbocycles. The van der Waals surface area contributed by atoms with Crippen LogP contribution in [0.3, 0.4) is 0 Å². The highest BCUT2D eigenvalue weighted by Gasteiger charge is 2.49. The molecule has 162 valence electrons. The SMILES string of the molecule is COc1ccc2nc(N3CC4(CCN(C(C)=O)C4)c4cc(OC(C)C)ccc43)sc2n1. The van der Waals surface area contributed by atoms with Gasteiger partial charge in [0.2, 0.25) is 11.8 Å². The number of carbonyl (C=O) groups is 1. The van der Waals surface area contributed by atoms with Gasteiger partial charge in [0.05, 0.1) is 13.2 Å². The number of amides is 1. The van der Waals surface area contributed by atoms with Crippen LogP contribution in [0.5, 0.6) is 11.6 Å². The number of likely N-dealkylation sites (tertiary alicyclic amines) is 1. The lowest BCUT2D eigenvalue weighted by Crippen LogP contribution is -2.36. The highest BCUT2D eigenvalue weighted by molar-refractivity contribution is 7.21. The van der Waals surface area contributed by atoms with E-state index in [1.807, 2.05) is 36.9 Å². The maximum atomic E-state index is 12.1. The van der Waals surface area contributed by atoms with E-state index in [2.05, 4.69) is 22.0 Å². The summed E-state index contributed by atoms with van der Waals surface area (Å²) in [7, 11) is 1.62. The van der Waals surface area contributed by atoms with Crippen LogP contribution in [-0.2, 0) is 10.2 Å². The van der Waals surface area contributed by atoms with Crippen molar-refractivity contribution in [3.63, 3.8) is 0 Å². The number of ether oxygens (including phenoxy) is 2. The smallest absolute Gasteiger partial charge is 0.219 e. The van der Waals surface area contributed by atoms with Crippen molar-refractivity contribution in [1.29, 1.82) is 0 Å². The number of thiazole rings is 1. The Morgan fingerprint density at radius 2 is 2.03 bits per heavy atom. The van der Waals surface area contributed by atoms with Gasteiger partial charge in [-0.25, -0.2) is 9.97 Å². The second-order valence-electron chi connectivity index (χ2n) is 8.58. The molecule has 0 saturated carbocycles. The topological polar surface area (TPSA) is 67.8 Å². The number of nitrogens with zero attached hydrogens (tertiary/aromatic N) is 4. The molecule has 2 aliphatic heterocycles. The quantitative estimate of drug-likeness (QED) is 0.610. The molecule has 1 spiro atoms. The first-order valence-electron chi connectivity index (χ1n) is 10.5. The predicted octanol–water partition coefficient (Wildman–Crippen LogP) is 4.13. The van der Waals surface area contributed by atoms with Crippen LogP contribution in [0.1, 0.15) is 32.8 Å². The first-order chi connectivity index (χ1) is 14.9. The number of aromatic nitrogens is 2. The van der Waals surface area contributed by atoms with E-state index in [4.69, 9.17) is 14.5 Å². The number of hydrogen-bond donors (Lipinski definition) is 0. The second-order valence-corrected chi connectivity index (χ2v) is 9.53. The van der Waals surface area contributed by atoms with Crippen molar-refractivity contribution < 1.29 is 14.3 Å². The number of methoxy groups -OCH3 is 1. The Balaban J connectivity index is 1.58. The van der Waals surface area contributed by atoms with Crippen LogP contribution in [0, 0.1) is 0 Å². The number of benzene rings is 1. The molecule has 1 amide bonds. The molecule has 3 aromatic rings. The van der Waals surface area contributed by atoms with Crippen molar-refractivity contribution in [2.45, 2.75) is 38.7 Å². The van der Waals surface area contributed by atoms with Gasteiger partial charge in [0.25, 0.3) is 0 Å². The van der Waals surface area contributed by atoms with Crippen LogP contribution in [0.15, 0.2) is 30.3 Å². The molecule has 1 saturated heterocycles. The minimum Gasteiger partial charge on any atom is -0.491 e. The van der Waals surface area contributed by atoms with Crippen LogP contribution >= 0.6 is 11.3 Å². The first-order valence-corrected chi connectivity index (χ1v) is 11.4. The van der Waals surface area contributed by atoms with Gasteiger partial charge in [-0.2, -0.15) is 0 Å². The maximum Gasteiger partial charge on any atom is 0.219 e. The van der Waals surface area contributed by atoms with Crippen LogP contribution < -0.4 is 14.4 Å². The van der Waals surface area contributed by atoms with Crippen LogP contribution in [-0.4, -0.2) is 53.6 Å². The van der Waals surface area contributed by atoms with E-state index >= 15 is 0 Å². The Bertz CT molecular complexity index is 1160. The summed E-state index contributed by atoms with van der Waals surface area (Å²) in [6.45, 7) is 7.99. The van der Waals surface area contributed by atoms with Crippen LogP contribution in [0.4, 0.5) is 10.8 Å². The standard InChI is InChI=1S/C23H26N4O3S/c1-14(2)30-16-5-7-19-17(11-16)23(9-10-26(12-23)15(3)28)13-27(19)22-24-18-6-8-20(29-4)25-21(18)31-22/h5-8,11,14H,9-10,12-13H2,1-4H3. The monoisotopic (exact) mass is 438 g/mol. The molecule has 8 heteroatoms. The number of hydrogen-bond acceptors (Lipinski definition) is 7. The second kappa shape index (κ2) is 7.37. The van der Waals surface area contributed by atoms with E-state index in [9.17, 15) is 4.79 Å². The molecule has 1 fully saturated rings. The van der Waals surface area contributed by atoms with Crippen molar-refractivity contribution in [3.05, 3.63) is 35.9 Å². The van der Waals surface area contributed by atoms with Gasteiger partial charge < -0.3 is 19.3 Å². The Kier molecular flexibility index (Phi) is 4.77. The molecule has 0 bridgehead atoms. The number of fused-ring (bicyclic) bond motifs is 3. The molecule has 0 radical (unpaired) electrons. The summed E-state index contributed by atoms with van der Waals surface area (Å²) in [5.74, 6) is 1.58. The molecule has 31 heavy (non-hydrogen) atoms. The lowest BCUT2D eigenvalue weighted by molar-refractivity contribution is -0.127. The summed E-state index contributed by atoms with van der Waals surface area (Å²) >= 11 is 1.56. The van der Waals surface area contributed by atoms with E-state index in [-0.39, 0.29) is 17.4 Å². The number of rotatable bonds is 4. The van der Waals surface area contributed by atoms with Crippen LogP contribution in [0.2, 0.25) is 0 Å². The highest BCUT2D eigenvalue weighted by atomic mass is 32.1. The van der Waals surface area contributed by atoms with E-state index in [0.717, 1.165) is 46.4 Å². The molecule has 1 unspecified atom stereocenters. The molecule has 1 atom stereocenters. The zero-order chi connectivity index (χ0) is 21.8. The van der Waals surface area contributed by atoms with Gasteiger partial charge in [0, 0.05) is 43.7 Å².